The third-order valence-electron chi connectivity index (χ3n) is 7.58. The Balaban J connectivity index is 1.46. The molecule has 5 aromatic carbocycles. The zero-order valence-electron chi connectivity index (χ0n) is 21.6. The highest BCUT2D eigenvalue weighted by molar-refractivity contribution is 6.20. The Morgan fingerprint density at radius 1 is 0.475 bits per heavy atom. The molecule has 0 aliphatic carbocycles. The number of hydrogen-bond donors (Lipinski definition) is 0. The summed E-state index contributed by atoms with van der Waals surface area (Å²) in [5, 5.41) is 2.32. The number of nitrogens with zero attached hydrogens (tertiary/aromatic N) is 4. The van der Waals surface area contributed by atoms with E-state index in [0.29, 0.717) is 0 Å². The second-order valence-corrected chi connectivity index (χ2v) is 9.92. The summed E-state index contributed by atoms with van der Waals surface area (Å²) in [6.45, 7) is 0. The number of rotatable bonds is 4. The van der Waals surface area contributed by atoms with Gasteiger partial charge in [0.2, 0.25) is 0 Å². The maximum Gasteiger partial charge on any atom is 0.146 e. The van der Waals surface area contributed by atoms with Crippen molar-refractivity contribution in [2.24, 2.45) is 0 Å². The van der Waals surface area contributed by atoms with Gasteiger partial charge in [-0.1, -0.05) is 97.1 Å². The summed E-state index contributed by atoms with van der Waals surface area (Å²) in [6.07, 6.45) is 1.83. The molecular weight excluding hydrogens is 488 g/mol. The van der Waals surface area contributed by atoms with Crippen molar-refractivity contribution in [3.63, 3.8) is 0 Å². The molecule has 0 unspecified atom stereocenters. The molecule has 4 heteroatoms. The van der Waals surface area contributed by atoms with Crippen molar-refractivity contribution < 1.29 is 0 Å². The average molecular weight is 513 g/mol. The lowest BCUT2D eigenvalue weighted by atomic mass is 10.1. The normalized spacial score (nSPS) is 11.5. The molecule has 40 heavy (non-hydrogen) atoms. The summed E-state index contributed by atoms with van der Waals surface area (Å²) >= 11 is 0. The van der Waals surface area contributed by atoms with Gasteiger partial charge in [0.15, 0.2) is 0 Å². The predicted octanol–water partition coefficient (Wildman–Crippen LogP) is 8.85. The van der Waals surface area contributed by atoms with E-state index >= 15 is 0 Å². The Morgan fingerprint density at radius 3 is 1.98 bits per heavy atom. The third kappa shape index (κ3) is 3.47. The highest BCUT2D eigenvalue weighted by atomic mass is 15.1. The van der Waals surface area contributed by atoms with E-state index in [1.807, 2.05) is 30.5 Å². The maximum absolute atomic E-state index is 5.32. The Labute approximate surface area is 231 Å². The van der Waals surface area contributed by atoms with Crippen molar-refractivity contribution in [2.45, 2.75) is 0 Å². The smallest absolute Gasteiger partial charge is 0.146 e. The van der Waals surface area contributed by atoms with E-state index in [2.05, 4.69) is 124 Å². The van der Waals surface area contributed by atoms with E-state index in [9.17, 15) is 0 Å². The van der Waals surface area contributed by atoms with Gasteiger partial charge >= 0.3 is 0 Å². The number of benzene rings is 5. The first-order chi connectivity index (χ1) is 19.9. The van der Waals surface area contributed by atoms with Crippen molar-refractivity contribution in [3.8, 4) is 34.0 Å². The van der Waals surface area contributed by atoms with Gasteiger partial charge in [-0.25, -0.2) is 9.97 Å². The van der Waals surface area contributed by atoms with Gasteiger partial charge in [0.25, 0.3) is 0 Å². The first-order valence-electron chi connectivity index (χ1n) is 13.4. The van der Waals surface area contributed by atoms with Gasteiger partial charge in [0, 0.05) is 28.2 Å². The molecule has 0 saturated heterocycles. The molecule has 8 aromatic rings. The van der Waals surface area contributed by atoms with Crippen LogP contribution in [0.1, 0.15) is 0 Å². The fourth-order valence-corrected chi connectivity index (χ4v) is 5.83. The monoisotopic (exact) mass is 512 g/mol. The molecule has 0 aliphatic rings. The summed E-state index contributed by atoms with van der Waals surface area (Å²) in [6, 6.07) is 48.7. The van der Waals surface area contributed by atoms with E-state index in [-0.39, 0.29) is 0 Å². The predicted molar refractivity (Wildman–Crippen MR) is 164 cm³/mol. The molecule has 0 bridgehead atoms. The lowest BCUT2D eigenvalue weighted by molar-refractivity contribution is 1.03. The fraction of sp³-hybridized carbons (Fsp3) is 0. The molecule has 0 N–H and O–H groups in total. The van der Waals surface area contributed by atoms with E-state index in [4.69, 9.17) is 9.97 Å². The molecule has 3 aromatic heterocycles. The van der Waals surface area contributed by atoms with Crippen LogP contribution < -0.4 is 0 Å². The highest BCUT2D eigenvalue weighted by Gasteiger charge is 2.21. The fourth-order valence-electron chi connectivity index (χ4n) is 5.83. The van der Waals surface area contributed by atoms with E-state index < -0.39 is 0 Å². The molecule has 0 aliphatic heterocycles. The molecule has 0 spiro atoms. The summed E-state index contributed by atoms with van der Waals surface area (Å²) in [5.41, 5.74) is 8.86. The van der Waals surface area contributed by atoms with Crippen LogP contribution in [-0.2, 0) is 0 Å². The number of hydrogen-bond acceptors (Lipinski definition) is 2. The van der Waals surface area contributed by atoms with Crippen LogP contribution in [-0.4, -0.2) is 19.1 Å². The van der Waals surface area contributed by atoms with Gasteiger partial charge in [-0.2, -0.15) is 0 Å². The summed E-state index contributed by atoms with van der Waals surface area (Å²) in [5.74, 6) is 1.73. The van der Waals surface area contributed by atoms with Crippen LogP contribution in [0.2, 0.25) is 0 Å². The van der Waals surface area contributed by atoms with Gasteiger partial charge < -0.3 is 4.57 Å². The molecular formula is C36H24N4. The molecule has 0 fully saturated rings. The topological polar surface area (TPSA) is 35.6 Å². The second-order valence-electron chi connectivity index (χ2n) is 9.92. The minimum atomic E-state index is 0.850. The highest BCUT2D eigenvalue weighted by Crippen LogP contribution is 2.39. The Kier molecular flexibility index (Phi) is 5.10. The van der Waals surface area contributed by atoms with Crippen LogP contribution >= 0.6 is 0 Å². The molecule has 0 radical (unpaired) electrons. The summed E-state index contributed by atoms with van der Waals surface area (Å²) in [7, 11) is 0. The van der Waals surface area contributed by atoms with Crippen molar-refractivity contribution >= 4 is 32.8 Å². The number of para-hydroxylation sites is 1. The standard InChI is InChI=1S/C36H24N4/c1-3-12-25(13-4-1)27-16-11-17-28(24-27)39-30-19-8-7-18-29(30)34-31(39)21-22-32-35(34)38-36(26-14-5-2-6-15-26)40(32)33-20-9-10-23-37-33/h1-24H. The van der Waals surface area contributed by atoms with Crippen molar-refractivity contribution in [1.29, 1.82) is 0 Å². The summed E-state index contributed by atoms with van der Waals surface area (Å²) in [4.78, 5) is 10.0. The van der Waals surface area contributed by atoms with Gasteiger partial charge in [0.1, 0.15) is 11.6 Å². The van der Waals surface area contributed by atoms with E-state index in [1.165, 1.54) is 16.5 Å². The van der Waals surface area contributed by atoms with Crippen molar-refractivity contribution in [2.75, 3.05) is 0 Å². The third-order valence-corrected chi connectivity index (χ3v) is 7.58. The van der Waals surface area contributed by atoms with Gasteiger partial charge in [-0.05, 0) is 53.6 Å². The van der Waals surface area contributed by atoms with Crippen LogP contribution in [0.15, 0.2) is 146 Å². The molecule has 8 rings (SSSR count). The average Bonchev–Trinajstić information content (AvgIpc) is 3.59. The first-order valence-corrected chi connectivity index (χ1v) is 13.4. The van der Waals surface area contributed by atoms with Crippen LogP contribution in [0.3, 0.4) is 0 Å². The van der Waals surface area contributed by atoms with Gasteiger partial charge in [-0.15, -0.1) is 0 Å². The maximum atomic E-state index is 5.32. The molecule has 4 nitrogen and oxygen atoms in total. The number of imidazole rings is 1. The summed E-state index contributed by atoms with van der Waals surface area (Å²) < 4.78 is 4.53. The van der Waals surface area contributed by atoms with Crippen molar-refractivity contribution in [3.05, 3.63) is 146 Å². The van der Waals surface area contributed by atoms with Gasteiger partial charge in [-0.3, -0.25) is 4.57 Å². The largest absolute Gasteiger partial charge is 0.309 e. The number of fused-ring (bicyclic) bond motifs is 5. The van der Waals surface area contributed by atoms with E-state index in [0.717, 1.165) is 50.3 Å². The molecule has 0 amide bonds. The SMILES string of the molecule is c1ccc(-c2cccc(-n3c4ccccc4c4c5nc(-c6ccccc6)n(-c6ccccn6)c5ccc43)c2)cc1. The minimum Gasteiger partial charge on any atom is -0.309 e. The second kappa shape index (κ2) is 9.07. The Hall–Kier alpha value is -5.48. The zero-order valence-corrected chi connectivity index (χ0v) is 21.6. The number of pyridine rings is 1. The minimum absolute atomic E-state index is 0.850. The first kappa shape index (κ1) is 22.5. The van der Waals surface area contributed by atoms with Crippen LogP contribution in [0.5, 0.6) is 0 Å². The van der Waals surface area contributed by atoms with Crippen molar-refractivity contribution in [1.82, 2.24) is 19.1 Å². The Bertz CT molecular complexity index is 2140. The van der Waals surface area contributed by atoms with Crippen LogP contribution in [0.25, 0.3) is 66.9 Å². The van der Waals surface area contributed by atoms with Crippen LogP contribution in [0.4, 0.5) is 0 Å². The lowest BCUT2D eigenvalue weighted by Crippen LogP contribution is -1.99. The molecule has 188 valence electrons. The molecule has 0 atom stereocenters. The van der Waals surface area contributed by atoms with Crippen LogP contribution in [0, 0.1) is 0 Å². The number of aromatic nitrogens is 4. The van der Waals surface area contributed by atoms with E-state index in [1.54, 1.807) is 0 Å². The quantitative estimate of drug-likeness (QED) is 0.236. The van der Waals surface area contributed by atoms with Gasteiger partial charge in [0.05, 0.1) is 22.1 Å². The zero-order chi connectivity index (χ0) is 26.5. The molecule has 3 heterocycles. The lowest BCUT2D eigenvalue weighted by Gasteiger charge is -2.11. The molecule has 0 saturated carbocycles. The Morgan fingerprint density at radius 2 is 1.18 bits per heavy atom.